The first-order chi connectivity index (χ1) is 9.06. The third-order valence-corrected chi connectivity index (χ3v) is 3.31. The van der Waals surface area contributed by atoms with Gasteiger partial charge in [-0.3, -0.25) is 4.79 Å². The minimum Gasteiger partial charge on any atom is -0.504 e. The Labute approximate surface area is 119 Å². The zero-order valence-electron chi connectivity index (χ0n) is 10.3. The molecule has 0 aliphatic heterocycles. The Balaban J connectivity index is 2.56. The average Bonchev–Trinajstić information content (AvgIpc) is 2.38. The van der Waals surface area contributed by atoms with E-state index in [4.69, 9.17) is 23.2 Å². The zero-order chi connectivity index (χ0) is 14.0. The number of nitrogens with one attached hydrogen (secondary N) is 1. The van der Waals surface area contributed by atoms with Crippen LogP contribution in [-0.4, -0.2) is 21.3 Å². The van der Waals surface area contributed by atoms with Gasteiger partial charge in [-0.25, -0.2) is 9.66 Å². The number of fused-ring (bicyclic) bond motifs is 1. The first-order valence-corrected chi connectivity index (χ1v) is 6.64. The summed E-state index contributed by atoms with van der Waals surface area (Å²) < 4.78 is 1.26. The van der Waals surface area contributed by atoms with Gasteiger partial charge in [-0.1, -0.05) is 36.5 Å². The second-order valence-corrected chi connectivity index (χ2v) is 4.91. The van der Waals surface area contributed by atoms with E-state index in [1.807, 2.05) is 0 Å². The van der Waals surface area contributed by atoms with Crippen molar-refractivity contribution in [2.24, 2.45) is 0 Å². The van der Waals surface area contributed by atoms with Crippen molar-refractivity contribution in [2.45, 2.75) is 19.8 Å². The zero-order valence-corrected chi connectivity index (χ0v) is 11.8. The average molecular weight is 302 g/mol. The van der Waals surface area contributed by atoms with Gasteiger partial charge < -0.3 is 10.5 Å². The minimum atomic E-state index is -0.363. The Hall–Kier alpha value is -1.46. The van der Waals surface area contributed by atoms with E-state index < -0.39 is 0 Å². The number of phenols is 1. The van der Waals surface area contributed by atoms with Crippen LogP contribution >= 0.6 is 23.2 Å². The van der Waals surface area contributed by atoms with Gasteiger partial charge in [-0.05, 0) is 12.5 Å². The van der Waals surface area contributed by atoms with Crippen molar-refractivity contribution >= 4 is 34.1 Å². The van der Waals surface area contributed by atoms with E-state index in [2.05, 4.69) is 17.3 Å². The maximum atomic E-state index is 12.2. The van der Waals surface area contributed by atoms with Crippen molar-refractivity contribution in [2.75, 3.05) is 12.0 Å². The molecule has 0 saturated carbocycles. The molecule has 0 aliphatic rings. The molecule has 0 spiro atoms. The van der Waals surface area contributed by atoms with Crippen molar-refractivity contribution in [3.8, 4) is 5.75 Å². The molecule has 1 heterocycles. The molecule has 0 unspecified atom stereocenters. The summed E-state index contributed by atoms with van der Waals surface area (Å²) >= 11 is 11.8. The van der Waals surface area contributed by atoms with Crippen LogP contribution in [0.15, 0.2) is 17.2 Å². The van der Waals surface area contributed by atoms with E-state index in [-0.39, 0.29) is 32.3 Å². The quantitative estimate of drug-likeness (QED) is 0.852. The van der Waals surface area contributed by atoms with E-state index in [1.54, 1.807) is 0 Å². The van der Waals surface area contributed by atoms with Crippen molar-refractivity contribution in [3.05, 3.63) is 32.8 Å². The number of aromatic nitrogens is 2. The van der Waals surface area contributed by atoms with Gasteiger partial charge in [0.25, 0.3) is 5.56 Å². The maximum Gasteiger partial charge on any atom is 0.281 e. The van der Waals surface area contributed by atoms with Crippen LogP contribution in [0.3, 0.4) is 0 Å². The van der Waals surface area contributed by atoms with Crippen LogP contribution in [0.2, 0.25) is 10.0 Å². The highest BCUT2D eigenvalue weighted by Gasteiger charge is 2.14. The molecule has 0 aliphatic carbocycles. The molecule has 102 valence electrons. The fourth-order valence-corrected chi connectivity index (χ4v) is 2.24. The molecule has 7 heteroatoms. The summed E-state index contributed by atoms with van der Waals surface area (Å²) in [4.78, 5) is 16.3. The van der Waals surface area contributed by atoms with Gasteiger partial charge in [-0.2, -0.15) is 0 Å². The third kappa shape index (κ3) is 2.62. The molecule has 2 aromatic rings. The second kappa shape index (κ2) is 5.67. The Kier molecular flexibility index (Phi) is 4.17. The Morgan fingerprint density at radius 3 is 2.84 bits per heavy atom. The largest absolute Gasteiger partial charge is 0.504 e. The lowest BCUT2D eigenvalue weighted by molar-refractivity contribution is 0.480. The van der Waals surface area contributed by atoms with E-state index >= 15 is 0 Å². The molecule has 0 radical (unpaired) electrons. The van der Waals surface area contributed by atoms with E-state index in [0.29, 0.717) is 6.54 Å². The number of halogens is 2. The topological polar surface area (TPSA) is 67.2 Å². The summed E-state index contributed by atoms with van der Waals surface area (Å²) in [5.41, 5.74) is 2.68. The molecule has 0 atom stereocenters. The Bertz CT molecular complexity index is 670. The molecule has 0 bridgehead atoms. The number of hydrogen-bond acceptors (Lipinski definition) is 4. The fraction of sp³-hybridized carbons (Fsp3) is 0.333. The predicted octanol–water partition coefficient (Wildman–Crippen LogP) is 2.75. The van der Waals surface area contributed by atoms with Crippen LogP contribution in [0.1, 0.15) is 19.8 Å². The van der Waals surface area contributed by atoms with E-state index in [1.165, 1.54) is 17.1 Å². The lowest BCUT2D eigenvalue weighted by Gasteiger charge is -2.10. The van der Waals surface area contributed by atoms with Gasteiger partial charge in [0.05, 0.1) is 15.4 Å². The molecule has 2 N–H and O–H groups in total. The fourth-order valence-electron chi connectivity index (χ4n) is 1.70. The SMILES string of the molecule is CCCCNn1cnc2c(O)c(Cl)cc(Cl)c2c1=O. The Morgan fingerprint density at radius 2 is 2.16 bits per heavy atom. The number of aromatic hydroxyl groups is 1. The molecular weight excluding hydrogens is 289 g/mol. The highest BCUT2D eigenvalue weighted by atomic mass is 35.5. The number of unbranched alkanes of at least 4 members (excludes halogenated alkanes) is 1. The lowest BCUT2D eigenvalue weighted by atomic mass is 10.2. The summed E-state index contributed by atoms with van der Waals surface area (Å²) in [5.74, 6) is -0.237. The van der Waals surface area contributed by atoms with Gasteiger partial charge >= 0.3 is 0 Å². The first kappa shape index (κ1) is 14.0. The molecule has 19 heavy (non-hydrogen) atoms. The van der Waals surface area contributed by atoms with Crippen LogP contribution in [0.25, 0.3) is 10.9 Å². The van der Waals surface area contributed by atoms with Gasteiger partial charge in [0.2, 0.25) is 0 Å². The van der Waals surface area contributed by atoms with Gasteiger partial charge in [0.1, 0.15) is 11.8 Å². The van der Waals surface area contributed by atoms with Crippen LogP contribution in [0.5, 0.6) is 5.75 Å². The van der Waals surface area contributed by atoms with E-state index in [9.17, 15) is 9.90 Å². The molecule has 0 amide bonds. The molecule has 2 rings (SSSR count). The molecule has 5 nitrogen and oxygen atoms in total. The van der Waals surface area contributed by atoms with Gasteiger partial charge in [-0.15, -0.1) is 0 Å². The summed E-state index contributed by atoms with van der Waals surface area (Å²) in [7, 11) is 0. The molecule has 0 fully saturated rings. The molecule has 1 aromatic heterocycles. The standard InChI is InChI=1S/C12H13Cl2N3O2/c1-2-3-4-16-17-6-15-10-9(12(17)19)7(13)5-8(14)11(10)18/h5-6,16,18H,2-4H2,1H3. The first-order valence-electron chi connectivity index (χ1n) is 5.88. The molecular formula is C12H13Cl2N3O2. The van der Waals surface area contributed by atoms with Crippen LogP contribution < -0.4 is 11.0 Å². The van der Waals surface area contributed by atoms with Crippen LogP contribution in [-0.2, 0) is 0 Å². The smallest absolute Gasteiger partial charge is 0.281 e. The lowest BCUT2D eigenvalue weighted by Crippen LogP contribution is -2.30. The van der Waals surface area contributed by atoms with Crippen molar-refractivity contribution in [3.63, 3.8) is 0 Å². The van der Waals surface area contributed by atoms with Crippen molar-refractivity contribution in [1.82, 2.24) is 9.66 Å². The number of hydrogen-bond donors (Lipinski definition) is 2. The maximum absolute atomic E-state index is 12.2. The van der Waals surface area contributed by atoms with Crippen molar-refractivity contribution in [1.29, 1.82) is 0 Å². The van der Waals surface area contributed by atoms with Crippen molar-refractivity contribution < 1.29 is 5.11 Å². The van der Waals surface area contributed by atoms with Crippen LogP contribution in [0.4, 0.5) is 0 Å². The minimum absolute atomic E-state index is 0.0705. The number of rotatable bonds is 4. The van der Waals surface area contributed by atoms with Crippen LogP contribution in [0, 0.1) is 0 Å². The molecule has 0 saturated heterocycles. The molecule has 1 aromatic carbocycles. The van der Waals surface area contributed by atoms with Gasteiger partial charge in [0.15, 0.2) is 5.75 Å². The summed E-state index contributed by atoms with van der Waals surface area (Å²) in [6.45, 7) is 2.71. The normalized spacial score (nSPS) is 10.9. The Morgan fingerprint density at radius 1 is 1.42 bits per heavy atom. The number of nitrogens with zero attached hydrogens (tertiary/aromatic N) is 2. The highest BCUT2D eigenvalue weighted by Crippen LogP contribution is 2.34. The summed E-state index contributed by atoms with van der Waals surface area (Å²) in [6.07, 6.45) is 3.26. The predicted molar refractivity (Wildman–Crippen MR) is 76.8 cm³/mol. The highest BCUT2D eigenvalue weighted by molar-refractivity contribution is 6.39. The summed E-state index contributed by atoms with van der Waals surface area (Å²) in [6, 6.07) is 1.33. The van der Waals surface area contributed by atoms with E-state index in [0.717, 1.165) is 12.8 Å². The number of benzene rings is 1. The van der Waals surface area contributed by atoms with Gasteiger partial charge in [0, 0.05) is 6.54 Å². The number of phenolic OH excluding ortho intramolecular Hbond substituents is 1. The monoisotopic (exact) mass is 301 g/mol. The third-order valence-electron chi connectivity index (χ3n) is 2.73. The second-order valence-electron chi connectivity index (χ2n) is 4.09. The summed E-state index contributed by atoms with van der Waals surface area (Å²) in [5, 5.41) is 10.2.